The Morgan fingerprint density at radius 2 is 0.582 bits per heavy atom. The molecule has 24 nitrogen and oxygen atoms in total. The summed E-state index contributed by atoms with van der Waals surface area (Å²) in [5.41, 5.74) is 11.3. The van der Waals surface area contributed by atoms with Gasteiger partial charge in [0.25, 0.3) is 0 Å². The third-order valence-electron chi connectivity index (χ3n) is 30.6. The molecule has 0 N–H and O–H groups in total. The van der Waals surface area contributed by atoms with Gasteiger partial charge in [0.1, 0.15) is 90.8 Å². The number of fused-ring (bicyclic) bond motifs is 9. The molecular formula is C102H144Br3Cl3F3N9O15Si6. The number of aryl methyl sites for hydroxylation is 3. The van der Waals surface area contributed by atoms with Crippen molar-refractivity contribution in [2.45, 2.75) is 363 Å². The molecule has 9 aliphatic rings. The van der Waals surface area contributed by atoms with Crippen LogP contribution >= 0.6 is 82.6 Å². The minimum atomic E-state index is -2.01. The number of aromatic nitrogens is 9. The molecule has 6 saturated heterocycles. The van der Waals surface area contributed by atoms with E-state index in [0.717, 1.165) is 103 Å². The lowest BCUT2D eigenvalue weighted by Crippen LogP contribution is -2.47. The van der Waals surface area contributed by atoms with Crippen molar-refractivity contribution in [3.63, 3.8) is 0 Å². The third kappa shape index (κ3) is 25.2. The fourth-order valence-electron chi connectivity index (χ4n) is 19.4. The highest BCUT2D eigenvalue weighted by Crippen LogP contribution is 2.49. The quantitative estimate of drug-likeness (QED) is 0.0275. The molecule has 0 radical (unpaired) electrons. The number of hydrogen-bond acceptors (Lipinski definition) is 21. The SMILES string of the molecule is CC(C)(C)[Si](C)(C)O[C@@H]1CO[C@H]2[C@@H]1OC[C@H]2Oc1nc2cc(Cl)c(CC3CCc4cc(Br)cc(F)c43)nc2n1COCC[Si](C)(C)C.CC(C)(C)[Si](C)(C)O[C@@H]1CO[C@H]2[C@@H]1OC[C@H]2Oc1nc2cc(Cl)c(CC3CCc4cc(Br)cc(F)c43)nc2n1COCC[Si](C)(C)C.CC(C)(C)[Si](C)(C)O[C@@H]1CO[C@H]2[C@@H]1OC[C@H]2Oc1nc2cc(Cl)c(CC3CCc4cc(Br)cc(F)c43)nc2n1COCC[Si](C)(C)C. The van der Waals surface area contributed by atoms with Crippen molar-refractivity contribution in [2.24, 2.45) is 0 Å². The van der Waals surface area contributed by atoms with Gasteiger partial charge in [-0.3, -0.25) is 13.7 Å². The lowest BCUT2D eigenvalue weighted by atomic mass is 9.95. The molecule has 3 aliphatic carbocycles. The summed E-state index contributed by atoms with van der Waals surface area (Å²) in [6.45, 7) is 59.7. The summed E-state index contributed by atoms with van der Waals surface area (Å²) in [6, 6.07) is 20.4. The molecule has 0 spiro atoms. The summed E-state index contributed by atoms with van der Waals surface area (Å²) in [4.78, 5) is 29.6. The van der Waals surface area contributed by atoms with E-state index in [9.17, 15) is 0 Å². The van der Waals surface area contributed by atoms with Crippen LogP contribution in [0.4, 0.5) is 13.2 Å². The Balaban J connectivity index is 0.000000152. The van der Waals surface area contributed by atoms with Crippen molar-refractivity contribution in [1.29, 1.82) is 0 Å². The van der Waals surface area contributed by atoms with Crippen molar-refractivity contribution in [1.82, 2.24) is 43.6 Å². The Morgan fingerprint density at radius 3 is 0.816 bits per heavy atom. The number of halogens is 9. The molecule has 12 heterocycles. The van der Waals surface area contributed by atoms with Crippen molar-refractivity contribution in [3.8, 4) is 18.0 Å². The van der Waals surface area contributed by atoms with Crippen LogP contribution in [0.25, 0.3) is 33.5 Å². The van der Waals surface area contributed by atoms with E-state index < -0.39 is 49.2 Å². The molecule has 0 amide bonds. The Hall–Kier alpha value is -4.16. The molecule has 3 unspecified atom stereocenters. The minimum absolute atomic E-state index is 0.00536. The van der Waals surface area contributed by atoms with Crippen molar-refractivity contribution in [2.75, 3.05) is 59.5 Å². The summed E-state index contributed by atoms with van der Waals surface area (Å²) < 4.78 is 149. The Labute approximate surface area is 876 Å². The van der Waals surface area contributed by atoms with Crippen LogP contribution in [0.15, 0.2) is 68.0 Å². The van der Waals surface area contributed by atoms with Crippen LogP contribution in [0.5, 0.6) is 18.0 Å². The van der Waals surface area contributed by atoms with Gasteiger partial charge in [-0.15, -0.1) is 0 Å². The van der Waals surface area contributed by atoms with Gasteiger partial charge in [0.15, 0.2) is 60.2 Å². The minimum Gasteiger partial charge on any atom is -0.456 e. The summed E-state index contributed by atoms with van der Waals surface area (Å²) >= 11 is 30.8. The lowest BCUT2D eigenvalue weighted by molar-refractivity contribution is 0.00684. The van der Waals surface area contributed by atoms with Crippen LogP contribution in [0.3, 0.4) is 0 Å². The number of ether oxygens (including phenoxy) is 12. The van der Waals surface area contributed by atoms with Gasteiger partial charge in [-0.05, 0) is 236 Å². The molecule has 0 saturated carbocycles. The molecule has 15 atom stereocenters. The van der Waals surface area contributed by atoms with Crippen LogP contribution in [0.2, 0.25) is 147 Å². The zero-order valence-electron chi connectivity index (χ0n) is 86.4. The fourth-order valence-corrected chi connectivity index (χ4v) is 27.7. The zero-order valence-corrected chi connectivity index (χ0v) is 99.4. The first kappa shape index (κ1) is 110. The van der Waals surface area contributed by atoms with Crippen LogP contribution in [0, 0.1) is 17.5 Å². The Kier molecular flexibility index (Phi) is 33.6. The maximum atomic E-state index is 15.1. The predicted molar refractivity (Wildman–Crippen MR) is 574 cm³/mol. The first-order valence-corrected chi connectivity index (χ1v) is 73.4. The zero-order chi connectivity index (χ0) is 102. The number of imidazole rings is 3. The summed E-state index contributed by atoms with van der Waals surface area (Å²) in [5.74, 6) is -0.575. The van der Waals surface area contributed by atoms with Crippen LogP contribution < -0.4 is 14.2 Å². The molecular weight excluding hydrogens is 2160 g/mol. The predicted octanol–water partition coefficient (Wildman–Crippen LogP) is 25.5. The van der Waals surface area contributed by atoms with Crippen LogP contribution in [0.1, 0.15) is 150 Å². The first-order chi connectivity index (χ1) is 66.0. The lowest BCUT2D eigenvalue weighted by Gasteiger charge is -2.39. The number of hydrogen-bond donors (Lipinski definition) is 0. The number of pyridine rings is 3. The van der Waals surface area contributed by atoms with Gasteiger partial charge >= 0.3 is 18.0 Å². The molecule has 141 heavy (non-hydrogen) atoms. The van der Waals surface area contributed by atoms with Crippen LogP contribution in [-0.2, 0) is 115 Å². The van der Waals surface area contributed by atoms with Gasteiger partial charge in [-0.1, -0.05) is 204 Å². The first-order valence-electron chi connectivity index (χ1n) is 50.1. The highest BCUT2D eigenvalue weighted by atomic mass is 79.9. The standard InChI is InChI=1S/3C34H48BrClFN3O5Si2/c3*1-34(2,3)47(7,8)45-28-18-43-30-27(17-42-31(28)30)44-33-39-26-16-23(36)25(38-32(26)40(33)19-41-11-12-46(4,5)6)14-21-10-9-20-13-22(35)15-24(37)29(20)21/h3*13,15-16,21,27-28,30-31H,9-12,14,17-19H2,1-8H3/t3*21?,27-,28-,30-,31-/m111/s1. The van der Waals surface area contributed by atoms with Crippen molar-refractivity contribution < 1.29 is 83.3 Å². The molecule has 6 fully saturated rings. The summed E-state index contributed by atoms with van der Waals surface area (Å²) in [6.07, 6.45) is 3.71. The number of benzene rings is 3. The topological polar surface area (TPSA) is 231 Å². The van der Waals surface area contributed by atoms with E-state index in [2.05, 4.69) is 208 Å². The van der Waals surface area contributed by atoms with E-state index in [-0.39, 0.29) is 144 Å². The van der Waals surface area contributed by atoms with Crippen molar-refractivity contribution in [3.05, 3.63) is 151 Å². The van der Waals surface area contributed by atoms with E-state index >= 15 is 13.2 Å². The molecule has 18 rings (SSSR count). The van der Waals surface area contributed by atoms with Crippen molar-refractivity contribution >= 4 is 165 Å². The van der Waals surface area contributed by atoms with Gasteiger partial charge in [-0.2, -0.15) is 15.0 Å². The molecule has 9 aromatic rings. The van der Waals surface area contributed by atoms with E-state index in [1.54, 1.807) is 18.2 Å². The second kappa shape index (κ2) is 43.3. The Bertz CT molecular complexity index is 5450. The number of nitrogens with zero attached hydrogens (tertiary/aromatic N) is 9. The van der Waals surface area contributed by atoms with E-state index in [1.807, 2.05) is 50.1 Å². The highest BCUT2D eigenvalue weighted by Gasteiger charge is 2.57. The van der Waals surface area contributed by atoms with Gasteiger partial charge in [0.05, 0.1) is 90.1 Å². The normalized spacial score (nSPS) is 24.7. The Morgan fingerprint density at radius 1 is 0.348 bits per heavy atom. The van der Waals surface area contributed by atoms with E-state index in [4.69, 9.17) is 135 Å². The molecule has 774 valence electrons. The number of rotatable bonds is 33. The third-order valence-corrected chi connectivity index (χ3v) is 51.6. The van der Waals surface area contributed by atoms with Gasteiger partial charge in [-0.25, -0.2) is 28.1 Å². The summed E-state index contributed by atoms with van der Waals surface area (Å²) in [5, 5.41) is 1.77. The smallest absolute Gasteiger partial charge is 0.301 e. The average Bonchev–Trinajstić information content (AvgIpc) is 1.61. The molecule has 3 aromatic carbocycles. The molecule has 6 aliphatic heterocycles. The maximum absolute atomic E-state index is 15.1. The molecule has 39 heteroatoms. The van der Waals surface area contributed by atoms with E-state index in [0.29, 0.717) is 162 Å². The monoisotopic (exact) mass is 2300 g/mol. The molecule has 6 aromatic heterocycles. The highest BCUT2D eigenvalue weighted by molar-refractivity contribution is 9.11. The largest absolute Gasteiger partial charge is 0.456 e. The second-order valence-corrected chi connectivity index (χ2v) is 83.1. The molecule has 0 bridgehead atoms. The van der Waals surface area contributed by atoms with Gasteiger partial charge in [0.2, 0.25) is 0 Å². The van der Waals surface area contributed by atoms with Crippen LogP contribution in [-0.4, -0.2) is 225 Å². The van der Waals surface area contributed by atoms with Gasteiger partial charge < -0.3 is 70.1 Å². The fraction of sp³-hybridized carbons (Fsp3) is 0.647. The maximum Gasteiger partial charge on any atom is 0.301 e. The van der Waals surface area contributed by atoms with E-state index in [1.165, 1.54) is 0 Å². The second-order valence-electron chi connectivity index (χ2n) is 48.0. The average molecular weight is 2310 g/mol. The van der Waals surface area contributed by atoms with Gasteiger partial charge in [0, 0.05) is 57.5 Å². The summed E-state index contributed by atoms with van der Waals surface area (Å²) in [7, 11) is -9.92.